The molecule has 2 aliphatic heterocycles. The summed E-state index contributed by atoms with van der Waals surface area (Å²) in [5, 5.41) is 0. The van der Waals surface area contributed by atoms with Crippen molar-refractivity contribution >= 4 is 18.5 Å². The van der Waals surface area contributed by atoms with E-state index in [-0.39, 0.29) is 52.9 Å². The van der Waals surface area contributed by atoms with Crippen molar-refractivity contribution in [3.63, 3.8) is 0 Å². The smallest absolute Gasteiger partial charge is 0.340 e. The molecule has 0 saturated heterocycles. The highest BCUT2D eigenvalue weighted by Crippen LogP contribution is 2.57. The van der Waals surface area contributed by atoms with Gasteiger partial charge in [0.05, 0.1) is 16.7 Å². The topological polar surface area (TPSA) is 88.1 Å². The first kappa shape index (κ1) is 20.6. The molecule has 0 aromatic heterocycles. The number of benzene rings is 3. The van der Waals surface area contributed by atoms with Gasteiger partial charge in [-0.05, 0) is 18.2 Å². The Hall–Kier alpha value is -4.27. The van der Waals surface area contributed by atoms with Gasteiger partial charge in [-0.3, -0.25) is 9.59 Å². The van der Waals surface area contributed by atoms with E-state index in [9.17, 15) is 23.2 Å². The molecule has 5 rings (SSSR count). The predicted octanol–water partition coefficient (Wildman–Crippen LogP) is 3.69. The summed E-state index contributed by atoms with van der Waals surface area (Å²) in [6.45, 7) is -0.770. The molecule has 33 heavy (non-hydrogen) atoms. The molecule has 166 valence electrons. The minimum atomic E-state index is -1.70. The molecule has 3 aromatic rings. The Balaban J connectivity index is 1.78. The second-order valence-corrected chi connectivity index (χ2v) is 7.23. The van der Waals surface area contributed by atoms with Crippen LogP contribution in [-0.2, 0) is 19.9 Å². The third-order valence-electron chi connectivity index (χ3n) is 5.43. The Labute approximate surface area is 185 Å². The number of carbonyl (C=O) groups is 3. The molecule has 0 aliphatic carbocycles. The summed E-state index contributed by atoms with van der Waals surface area (Å²) in [6, 6.07) is 11.1. The lowest BCUT2D eigenvalue weighted by Gasteiger charge is -2.36. The lowest BCUT2D eigenvalue weighted by molar-refractivity contribution is -0.110. The normalized spacial score (nSPS) is 14.4. The van der Waals surface area contributed by atoms with Gasteiger partial charge in [0, 0.05) is 17.7 Å². The average Bonchev–Trinajstić information content (AvgIpc) is 3.11. The molecule has 0 unspecified atom stereocenters. The van der Waals surface area contributed by atoms with Gasteiger partial charge < -0.3 is 18.9 Å². The zero-order chi connectivity index (χ0) is 23.2. The SMILES string of the molecule is O=CCOc1cc2c(cc1F)C1(OC(=O)c3ccccc31)c1cc(F)c(OCC=O)cc1O2. The van der Waals surface area contributed by atoms with Crippen molar-refractivity contribution in [3.8, 4) is 23.0 Å². The van der Waals surface area contributed by atoms with E-state index in [4.69, 9.17) is 18.9 Å². The first-order chi connectivity index (χ1) is 16.0. The molecule has 7 nitrogen and oxygen atoms in total. The molecule has 0 bridgehead atoms. The van der Waals surface area contributed by atoms with Crippen LogP contribution in [0.2, 0.25) is 0 Å². The van der Waals surface area contributed by atoms with Crippen molar-refractivity contribution in [1.29, 1.82) is 0 Å². The van der Waals surface area contributed by atoms with E-state index in [1.807, 2.05) is 0 Å². The lowest BCUT2D eigenvalue weighted by Crippen LogP contribution is -2.33. The Morgan fingerprint density at radius 2 is 1.36 bits per heavy atom. The predicted molar refractivity (Wildman–Crippen MR) is 108 cm³/mol. The summed E-state index contributed by atoms with van der Waals surface area (Å²) in [5.41, 5.74) is -0.859. The molecule has 0 radical (unpaired) electrons. The van der Waals surface area contributed by atoms with Gasteiger partial charge in [0.2, 0.25) is 0 Å². The number of esters is 1. The number of rotatable bonds is 6. The maximum absolute atomic E-state index is 14.9. The number of aldehydes is 2. The van der Waals surface area contributed by atoms with Gasteiger partial charge in [-0.25, -0.2) is 13.6 Å². The largest absolute Gasteiger partial charge is 0.483 e. The van der Waals surface area contributed by atoms with Crippen LogP contribution in [0.1, 0.15) is 27.0 Å². The molecule has 2 heterocycles. The van der Waals surface area contributed by atoms with E-state index in [1.165, 1.54) is 12.1 Å². The van der Waals surface area contributed by atoms with Crippen LogP contribution < -0.4 is 14.2 Å². The lowest BCUT2D eigenvalue weighted by atomic mass is 9.77. The summed E-state index contributed by atoms with van der Waals surface area (Å²) in [4.78, 5) is 34.1. The van der Waals surface area contributed by atoms with Crippen molar-refractivity contribution in [2.45, 2.75) is 5.60 Å². The van der Waals surface area contributed by atoms with Crippen LogP contribution in [0.15, 0.2) is 48.5 Å². The molecule has 1 spiro atoms. The Kier molecular flexibility index (Phi) is 4.81. The summed E-state index contributed by atoms with van der Waals surface area (Å²) in [6.07, 6.45) is 0.927. The van der Waals surface area contributed by atoms with Crippen molar-refractivity contribution in [3.05, 3.63) is 82.4 Å². The molecular formula is C24H14F2O7. The van der Waals surface area contributed by atoms with Crippen molar-refractivity contribution in [1.82, 2.24) is 0 Å². The number of ether oxygens (including phenoxy) is 4. The fourth-order valence-electron chi connectivity index (χ4n) is 4.14. The quantitative estimate of drug-likeness (QED) is 0.416. The maximum atomic E-state index is 14.9. The Bertz CT molecular complexity index is 1250. The molecule has 3 aromatic carbocycles. The molecule has 9 heteroatoms. The van der Waals surface area contributed by atoms with E-state index < -0.39 is 23.2 Å². The average molecular weight is 452 g/mol. The monoisotopic (exact) mass is 452 g/mol. The summed E-state index contributed by atoms with van der Waals surface area (Å²) >= 11 is 0. The van der Waals surface area contributed by atoms with E-state index in [0.717, 1.165) is 12.1 Å². The zero-order valence-corrected chi connectivity index (χ0v) is 16.8. The molecular weight excluding hydrogens is 438 g/mol. The maximum Gasteiger partial charge on any atom is 0.340 e. The number of halogens is 2. The van der Waals surface area contributed by atoms with Gasteiger partial charge >= 0.3 is 5.97 Å². The number of hydrogen-bond acceptors (Lipinski definition) is 7. The first-order valence-electron chi connectivity index (χ1n) is 9.81. The van der Waals surface area contributed by atoms with Crippen LogP contribution in [0, 0.1) is 11.6 Å². The third kappa shape index (κ3) is 3.04. The highest BCUT2D eigenvalue weighted by Gasteiger charge is 2.54. The van der Waals surface area contributed by atoms with Crippen LogP contribution in [0.4, 0.5) is 8.78 Å². The minimum Gasteiger partial charge on any atom is -0.483 e. The van der Waals surface area contributed by atoms with Gasteiger partial charge in [-0.2, -0.15) is 0 Å². The number of carbonyl (C=O) groups excluding carboxylic acids is 3. The highest BCUT2D eigenvalue weighted by atomic mass is 19.1. The van der Waals surface area contributed by atoms with Crippen LogP contribution >= 0.6 is 0 Å². The summed E-state index contributed by atoms with van der Waals surface area (Å²) in [5.74, 6) is -2.69. The summed E-state index contributed by atoms with van der Waals surface area (Å²) in [7, 11) is 0. The highest BCUT2D eigenvalue weighted by molar-refractivity contribution is 5.97. The standard InChI is InChI=1S/C24H14F2O7/c25-17-9-15-19(11-21(17)30-7-5-27)32-20-12-22(31-8-6-28)18(26)10-16(20)24(15)14-4-2-1-3-13(14)23(29)33-24/h1-6,9-12H,7-8H2. The number of fused-ring (bicyclic) bond motifs is 6. The van der Waals surface area contributed by atoms with Crippen LogP contribution in [0.5, 0.6) is 23.0 Å². The van der Waals surface area contributed by atoms with E-state index >= 15 is 0 Å². The fourth-order valence-corrected chi connectivity index (χ4v) is 4.14. The molecule has 0 atom stereocenters. The molecule has 2 aliphatic rings. The minimum absolute atomic E-state index is 0.0715. The Morgan fingerprint density at radius 1 is 0.818 bits per heavy atom. The van der Waals surface area contributed by atoms with Crippen LogP contribution in [0.3, 0.4) is 0 Å². The fraction of sp³-hybridized carbons (Fsp3) is 0.125. The first-order valence-corrected chi connectivity index (χ1v) is 9.81. The number of hydrogen-bond donors (Lipinski definition) is 0. The third-order valence-corrected chi connectivity index (χ3v) is 5.43. The summed E-state index contributed by atoms with van der Waals surface area (Å²) < 4.78 is 51.8. The van der Waals surface area contributed by atoms with Gasteiger partial charge in [-0.1, -0.05) is 18.2 Å². The van der Waals surface area contributed by atoms with Gasteiger partial charge in [0.15, 0.2) is 41.3 Å². The molecule has 0 fully saturated rings. The van der Waals surface area contributed by atoms with E-state index in [2.05, 4.69) is 0 Å². The van der Waals surface area contributed by atoms with Crippen molar-refractivity contribution < 1.29 is 42.1 Å². The van der Waals surface area contributed by atoms with E-state index in [0.29, 0.717) is 18.1 Å². The van der Waals surface area contributed by atoms with Gasteiger partial charge in [0.25, 0.3) is 0 Å². The van der Waals surface area contributed by atoms with Gasteiger partial charge in [-0.15, -0.1) is 0 Å². The molecule has 0 amide bonds. The second-order valence-electron chi connectivity index (χ2n) is 7.23. The van der Waals surface area contributed by atoms with Gasteiger partial charge in [0.1, 0.15) is 24.7 Å². The molecule has 0 N–H and O–H groups in total. The van der Waals surface area contributed by atoms with Crippen molar-refractivity contribution in [2.24, 2.45) is 0 Å². The van der Waals surface area contributed by atoms with Crippen molar-refractivity contribution in [2.75, 3.05) is 13.2 Å². The molecule has 0 saturated carbocycles. The second kappa shape index (κ2) is 7.70. The zero-order valence-electron chi connectivity index (χ0n) is 16.8. The van der Waals surface area contributed by atoms with Crippen LogP contribution in [0.25, 0.3) is 0 Å². The Morgan fingerprint density at radius 3 is 1.91 bits per heavy atom. The van der Waals surface area contributed by atoms with E-state index in [1.54, 1.807) is 24.3 Å². The van der Waals surface area contributed by atoms with Crippen LogP contribution in [-0.4, -0.2) is 31.8 Å².